The van der Waals surface area contributed by atoms with Gasteiger partial charge in [-0.15, -0.1) is 11.3 Å². The zero-order valence-corrected chi connectivity index (χ0v) is 17.2. The fraction of sp³-hybridized carbons (Fsp3) is 0.261. The number of fused-ring (bicyclic) bond motifs is 3. The smallest absolute Gasteiger partial charge is 0.266 e. The van der Waals surface area contributed by atoms with Crippen molar-refractivity contribution < 1.29 is 4.74 Å². The number of nitrogens with two attached hydrogens (primary N) is 1. The molecular weight excluding hydrogens is 368 g/mol. The number of aryl methyl sites for hydroxylation is 1. The number of thiophene rings is 1. The van der Waals surface area contributed by atoms with Crippen molar-refractivity contribution in [3.63, 3.8) is 0 Å². The normalized spacial score (nSPS) is 12.6. The van der Waals surface area contributed by atoms with Crippen LogP contribution in [0.25, 0.3) is 32.1 Å². The summed E-state index contributed by atoms with van der Waals surface area (Å²) in [6, 6.07) is 12.6. The molecule has 2 heterocycles. The number of benzene rings is 2. The molecule has 1 atom stereocenters. The summed E-state index contributed by atoms with van der Waals surface area (Å²) in [5.41, 5.74) is 10.9. The molecule has 5 heteroatoms. The molecule has 2 aromatic heterocycles. The summed E-state index contributed by atoms with van der Waals surface area (Å²) in [4.78, 5) is 15.6. The van der Waals surface area contributed by atoms with E-state index in [0.29, 0.717) is 12.5 Å². The maximum atomic E-state index is 12.5. The minimum atomic E-state index is -0.0392. The molecule has 0 radical (unpaired) electrons. The van der Waals surface area contributed by atoms with Crippen LogP contribution in [-0.2, 0) is 0 Å². The number of aromatic amines is 1. The van der Waals surface area contributed by atoms with Crippen molar-refractivity contribution >= 4 is 32.3 Å². The second kappa shape index (κ2) is 7.41. The molecule has 4 rings (SSSR count). The lowest BCUT2D eigenvalue weighted by molar-refractivity contribution is 0.416. The predicted octanol–water partition coefficient (Wildman–Crippen LogP) is 5.18. The van der Waals surface area contributed by atoms with Crippen LogP contribution in [-0.4, -0.2) is 18.6 Å². The van der Waals surface area contributed by atoms with E-state index in [2.05, 4.69) is 36.2 Å². The number of hydrogen-bond donors (Lipinski definition) is 2. The van der Waals surface area contributed by atoms with Crippen LogP contribution in [0.4, 0.5) is 0 Å². The Balaban J connectivity index is 2.02. The molecule has 0 saturated carbocycles. The maximum Gasteiger partial charge on any atom is 0.266 e. The molecule has 0 unspecified atom stereocenters. The SMILES string of the molecule is COc1cc(C)c2[nH]c(=O)c3sccc3c2c1-c1ccc([C@H](C)CCN)cc1. The van der Waals surface area contributed by atoms with Gasteiger partial charge in [0.1, 0.15) is 10.4 Å². The minimum absolute atomic E-state index is 0.0392. The van der Waals surface area contributed by atoms with E-state index in [-0.39, 0.29) is 5.56 Å². The van der Waals surface area contributed by atoms with Gasteiger partial charge in [-0.25, -0.2) is 0 Å². The molecule has 0 aliphatic carbocycles. The number of hydrogen-bond acceptors (Lipinski definition) is 4. The summed E-state index contributed by atoms with van der Waals surface area (Å²) in [7, 11) is 1.69. The molecule has 4 nitrogen and oxygen atoms in total. The monoisotopic (exact) mass is 392 g/mol. The first-order valence-corrected chi connectivity index (χ1v) is 10.3. The van der Waals surface area contributed by atoms with Gasteiger partial charge in [-0.3, -0.25) is 4.79 Å². The van der Waals surface area contributed by atoms with Crippen molar-refractivity contribution in [1.82, 2.24) is 4.98 Å². The number of pyridine rings is 1. The molecule has 4 aromatic rings. The van der Waals surface area contributed by atoms with Crippen LogP contribution in [0, 0.1) is 6.92 Å². The van der Waals surface area contributed by atoms with Crippen LogP contribution in [0.15, 0.2) is 46.6 Å². The summed E-state index contributed by atoms with van der Waals surface area (Å²) in [6.07, 6.45) is 0.965. The van der Waals surface area contributed by atoms with Crippen LogP contribution in [0.3, 0.4) is 0 Å². The molecule has 28 heavy (non-hydrogen) atoms. The Morgan fingerprint density at radius 1 is 1.21 bits per heavy atom. The molecule has 0 aliphatic heterocycles. The van der Waals surface area contributed by atoms with Crippen molar-refractivity contribution in [3.8, 4) is 16.9 Å². The Hall–Kier alpha value is -2.63. The van der Waals surface area contributed by atoms with Crippen LogP contribution in [0.1, 0.15) is 30.4 Å². The van der Waals surface area contributed by atoms with Crippen LogP contribution >= 0.6 is 11.3 Å². The number of ether oxygens (including phenoxy) is 1. The molecule has 0 spiro atoms. The van der Waals surface area contributed by atoms with Gasteiger partial charge >= 0.3 is 0 Å². The standard InChI is InChI=1S/C23H24N2O2S/c1-13(8-10-24)15-4-6-16(7-5-15)19-18(27-3)12-14(2)21-20(19)17-9-11-28-22(17)23(26)25-21/h4-7,9,11-13H,8,10,24H2,1-3H3,(H,25,26)/t13-/m1/s1. The molecular formula is C23H24N2O2S. The number of rotatable bonds is 5. The Morgan fingerprint density at radius 2 is 1.96 bits per heavy atom. The van der Waals surface area contributed by atoms with Crippen molar-refractivity contribution in [1.29, 1.82) is 0 Å². The van der Waals surface area contributed by atoms with Gasteiger partial charge in [0.25, 0.3) is 5.56 Å². The van der Waals surface area contributed by atoms with Crippen molar-refractivity contribution in [2.45, 2.75) is 26.2 Å². The first-order chi connectivity index (χ1) is 13.5. The van der Waals surface area contributed by atoms with Crippen molar-refractivity contribution in [2.75, 3.05) is 13.7 Å². The van der Waals surface area contributed by atoms with Gasteiger partial charge in [0.15, 0.2) is 0 Å². The number of aromatic nitrogens is 1. The van der Waals surface area contributed by atoms with Gasteiger partial charge in [-0.05, 0) is 60.0 Å². The average molecular weight is 393 g/mol. The number of H-pyrrole nitrogens is 1. The lowest BCUT2D eigenvalue weighted by Gasteiger charge is -2.17. The highest BCUT2D eigenvalue weighted by molar-refractivity contribution is 7.17. The summed E-state index contributed by atoms with van der Waals surface area (Å²) >= 11 is 1.47. The Labute approximate surface area is 168 Å². The van der Waals surface area contributed by atoms with Gasteiger partial charge in [0.2, 0.25) is 0 Å². The molecule has 2 aromatic carbocycles. The first-order valence-electron chi connectivity index (χ1n) is 9.46. The third-order valence-electron chi connectivity index (χ3n) is 5.46. The minimum Gasteiger partial charge on any atom is -0.496 e. The number of methoxy groups -OCH3 is 1. The van der Waals surface area contributed by atoms with E-state index in [4.69, 9.17) is 10.5 Å². The van der Waals surface area contributed by atoms with Gasteiger partial charge in [0.05, 0.1) is 12.6 Å². The van der Waals surface area contributed by atoms with Crippen molar-refractivity contribution in [2.24, 2.45) is 5.73 Å². The molecule has 3 N–H and O–H groups in total. The van der Waals surface area contributed by atoms with Crippen LogP contribution in [0.5, 0.6) is 5.75 Å². The fourth-order valence-corrected chi connectivity index (χ4v) is 4.71. The predicted molar refractivity (Wildman–Crippen MR) is 119 cm³/mol. The molecule has 0 fully saturated rings. The van der Waals surface area contributed by atoms with E-state index < -0.39 is 0 Å². The van der Waals surface area contributed by atoms with Crippen LogP contribution < -0.4 is 16.0 Å². The zero-order valence-electron chi connectivity index (χ0n) is 16.3. The number of nitrogens with one attached hydrogen (secondary N) is 1. The Morgan fingerprint density at radius 3 is 2.64 bits per heavy atom. The first kappa shape index (κ1) is 18.7. The topological polar surface area (TPSA) is 68.1 Å². The van der Waals surface area contributed by atoms with E-state index in [1.165, 1.54) is 16.9 Å². The highest BCUT2D eigenvalue weighted by Crippen LogP contribution is 2.42. The lowest BCUT2D eigenvalue weighted by atomic mass is 9.92. The van der Waals surface area contributed by atoms with E-state index in [1.54, 1.807) is 7.11 Å². The zero-order chi connectivity index (χ0) is 19.8. The third kappa shape index (κ3) is 3.01. The van der Waals surface area contributed by atoms with E-state index in [1.807, 2.05) is 24.4 Å². The molecule has 0 aliphatic rings. The second-order valence-corrected chi connectivity index (χ2v) is 8.15. The lowest BCUT2D eigenvalue weighted by Crippen LogP contribution is -2.06. The van der Waals surface area contributed by atoms with Crippen LogP contribution in [0.2, 0.25) is 0 Å². The van der Waals surface area contributed by atoms with Gasteiger partial charge < -0.3 is 15.5 Å². The molecule has 0 bridgehead atoms. The highest BCUT2D eigenvalue weighted by Gasteiger charge is 2.18. The summed E-state index contributed by atoms with van der Waals surface area (Å²) in [6.45, 7) is 4.88. The third-order valence-corrected chi connectivity index (χ3v) is 6.37. The van der Waals surface area contributed by atoms with Gasteiger partial charge in [-0.1, -0.05) is 31.2 Å². The van der Waals surface area contributed by atoms with Crippen molar-refractivity contribution in [3.05, 3.63) is 63.3 Å². The van der Waals surface area contributed by atoms with Gasteiger partial charge in [0, 0.05) is 16.3 Å². The van der Waals surface area contributed by atoms with E-state index >= 15 is 0 Å². The van der Waals surface area contributed by atoms with Gasteiger partial charge in [-0.2, -0.15) is 0 Å². The average Bonchev–Trinajstić information content (AvgIpc) is 3.19. The summed E-state index contributed by atoms with van der Waals surface area (Å²) in [5, 5.41) is 3.98. The highest BCUT2D eigenvalue weighted by atomic mass is 32.1. The molecule has 0 amide bonds. The van der Waals surface area contributed by atoms with E-state index in [0.717, 1.165) is 49.8 Å². The molecule has 144 valence electrons. The maximum absolute atomic E-state index is 12.5. The summed E-state index contributed by atoms with van der Waals surface area (Å²) in [5.74, 6) is 1.24. The fourth-order valence-electron chi connectivity index (χ4n) is 3.91. The Kier molecular flexibility index (Phi) is 4.96. The molecule has 0 saturated heterocycles. The Bertz CT molecular complexity index is 1210. The second-order valence-electron chi connectivity index (χ2n) is 7.24. The van der Waals surface area contributed by atoms with E-state index in [9.17, 15) is 4.79 Å². The summed E-state index contributed by atoms with van der Waals surface area (Å²) < 4.78 is 6.50. The largest absolute Gasteiger partial charge is 0.496 e. The quantitative estimate of drug-likeness (QED) is 0.492.